The van der Waals surface area contributed by atoms with Gasteiger partial charge in [-0.25, -0.2) is 0 Å². The highest BCUT2D eigenvalue weighted by atomic mass is 16.2. The minimum Gasteiger partial charge on any atom is -0.320 e. The number of amides is 3. The van der Waals surface area contributed by atoms with Crippen molar-refractivity contribution in [3.63, 3.8) is 0 Å². The second kappa shape index (κ2) is 5.77. The fourth-order valence-corrected chi connectivity index (χ4v) is 1.95. The van der Waals surface area contributed by atoms with Gasteiger partial charge in [-0.2, -0.15) is 0 Å². The van der Waals surface area contributed by atoms with Crippen molar-refractivity contribution in [3.05, 3.63) is 0 Å². The molecule has 3 amide bonds. The van der Waals surface area contributed by atoms with E-state index in [2.05, 4.69) is 5.32 Å². The van der Waals surface area contributed by atoms with Crippen LogP contribution in [0.25, 0.3) is 0 Å². The van der Waals surface area contributed by atoms with Gasteiger partial charge in [0.15, 0.2) is 0 Å². The summed E-state index contributed by atoms with van der Waals surface area (Å²) in [4.78, 5) is 36.1. The van der Waals surface area contributed by atoms with Crippen LogP contribution < -0.4 is 11.1 Å². The third-order valence-corrected chi connectivity index (χ3v) is 2.84. The molecule has 0 radical (unpaired) electrons. The summed E-state index contributed by atoms with van der Waals surface area (Å²) in [5.41, 5.74) is 5.73. The van der Waals surface area contributed by atoms with Crippen molar-refractivity contribution in [1.82, 2.24) is 10.2 Å². The first-order valence-corrected chi connectivity index (χ1v) is 5.91. The number of hydrogen-bond acceptors (Lipinski definition) is 4. The van der Waals surface area contributed by atoms with Gasteiger partial charge in [0.05, 0.1) is 6.04 Å². The van der Waals surface area contributed by atoms with Crippen molar-refractivity contribution < 1.29 is 14.4 Å². The lowest BCUT2D eigenvalue weighted by Gasteiger charge is -2.34. The van der Waals surface area contributed by atoms with E-state index in [-0.39, 0.29) is 12.5 Å². The molecule has 0 bridgehead atoms. The zero-order valence-electron chi connectivity index (χ0n) is 10.2. The summed E-state index contributed by atoms with van der Waals surface area (Å²) in [7, 11) is 0. The molecule has 1 fully saturated rings. The Balaban J connectivity index is 2.81. The number of nitrogens with two attached hydrogens (primary N) is 1. The van der Waals surface area contributed by atoms with Crippen LogP contribution in [0.1, 0.15) is 33.1 Å². The van der Waals surface area contributed by atoms with Gasteiger partial charge in [0, 0.05) is 0 Å². The molecular weight excluding hydrogens is 222 g/mol. The summed E-state index contributed by atoms with van der Waals surface area (Å²) in [6.45, 7) is 3.64. The van der Waals surface area contributed by atoms with Crippen LogP contribution in [0.15, 0.2) is 0 Å². The van der Waals surface area contributed by atoms with E-state index in [0.29, 0.717) is 12.8 Å². The monoisotopic (exact) mass is 241 g/mol. The fraction of sp³-hybridized carbons (Fsp3) is 0.727. The number of nitrogens with one attached hydrogen (secondary N) is 1. The van der Waals surface area contributed by atoms with E-state index in [1.54, 1.807) is 6.92 Å². The van der Waals surface area contributed by atoms with E-state index in [1.165, 1.54) is 4.90 Å². The Kier molecular flexibility index (Phi) is 4.62. The lowest BCUT2D eigenvalue weighted by atomic mass is 10.1. The highest BCUT2D eigenvalue weighted by molar-refractivity contribution is 6.04. The third-order valence-electron chi connectivity index (χ3n) is 2.84. The molecule has 3 N–H and O–H groups in total. The van der Waals surface area contributed by atoms with Crippen LogP contribution in [0.4, 0.5) is 0 Å². The predicted molar refractivity (Wildman–Crippen MR) is 61.8 cm³/mol. The average molecular weight is 241 g/mol. The van der Waals surface area contributed by atoms with Crippen molar-refractivity contribution in [1.29, 1.82) is 0 Å². The molecule has 96 valence electrons. The maximum atomic E-state index is 12.0. The molecule has 1 heterocycles. The van der Waals surface area contributed by atoms with Crippen molar-refractivity contribution in [3.8, 4) is 0 Å². The number of carbonyl (C=O) groups is 3. The van der Waals surface area contributed by atoms with Gasteiger partial charge in [0.25, 0.3) is 0 Å². The first-order valence-electron chi connectivity index (χ1n) is 5.91. The Labute approximate surface area is 101 Å². The van der Waals surface area contributed by atoms with Gasteiger partial charge in [0.1, 0.15) is 12.6 Å². The van der Waals surface area contributed by atoms with Crippen molar-refractivity contribution in [2.45, 2.75) is 45.2 Å². The van der Waals surface area contributed by atoms with Crippen LogP contribution in [0.2, 0.25) is 0 Å². The molecule has 1 aliphatic heterocycles. The summed E-state index contributed by atoms with van der Waals surface area (Å²) in [5, 5.41) is 2.22. The van der Waals surface area contributed by atoms with E-state index in [9.17, 15) is 14.4 Å². The van der Waals surface area contributed by atoms with Crippen LogP contribution in [0, 0.1) is 0 Å². The van der Waals surface area contributed by atoms with E-state index in [4.69, 9.17) is 5.73 Å². The fourth-order valence-electron chi connectivity index (χ4n) is 1.95. The van der Waals surface area contributed by atoms with Gasteiger partial charge in [-0.15, -0.1) is 0 Å². The molecule has 0 aliphatic carbocycles. The Morgan fingerprint density at radius 3 is 2.71 bits per heavy atom. The van der Waals surface area contributed by atoms with Crippen LogP contribution in [-0.2, 0) is 14.4 Å². The Morgan fingerprint density at radius 1 is 1.53 bits per heavy atom. The topological polar surface area (TPSA) is 92.5 Å². The van der Waals surface area contributed by atoms with E-state index in [1.807, 2.05) is 6.92 Å². The summed E-state index contributed by atoms with van der Waals surface area (Å²) in [5.74, 6) is -1.18. The number of piperazine rings is 1. The highest BCUT2D eigenvalue weighted by Gasteiger charge is 2.36. The number of rotatable bonds is 4. The molecule has 2 unspecified atom stereocenters. The van der Waals surface area contributed by atoms with E-state index < -0.39 is 23.9 Å². The van der Waals surface area contributed by atoms with Gasteiger partial charge in [-0.05, 0) is 12.8 Å². The van der Waals surface area contributed by atoms with Gasteiger partial charge in [0.2, 0.25) is 17.7 Å². The maximum Gasteiger partial charge on any atom is 0.249 e. The molecule has 1 saturated heterocycles. The van der Waals surface area contributed by atoms with Crippen molar-refractivity contribution in [2.75, 3.05) is 6.54 Å². The molecule has 0 aromatic carbocycles. The first-order chi connectivity index (χ1) is 8.01. The zero-order valence-corrected chi connectivity index (χ0v) is 10.2. The number of carbonyl (C=O) groups excluding carboxylic acids is 3. The molecular formula is C11H19N3O3. The molecule has 6 nitrogen and oxygen atoms in total. The predicted octanol–water partition coefficient (Wildman–Crippen LogP) is -0.623. The lowest BCUT2D eigenvalue weighted by molar-refractivity contribution is -0.150. The third kappa shape index (κ3) is 3.03. The molecule has 6 heteroatoms. The van der Waals surface area contributed by atoms with Crippen molar-refractivity contribution >= 4 is 17.7 Å². The lowest BCUT2D eigenvalue weighted by Crippen LogP contribution is -2.62. The standard InChI is InChI=1S/C11H19N3O3/c1-3-5-7(12)11(17)14-6-9(15)13-10(16)8(14)4-2/h7-8H,3-6,12H2,1-2H3,(H,13,15,16). The molecule has 1 rings (SSSR count). The number of hydrogen-bond donors (Lipinski definition) is 2. The summed E-state index contributed by atoms with van der Waals surface area (Å²) in [6, 6.07) is -1.21. The second-order valence-electron chi connectivity index (χ2n) is 4.20. The van der Waals surface area contributed by atoms with Crippen molar-refractivity contribution in [2.24, 2.45) is 5.73 Å². The largest absolute Gasteiger partial charge is 0.320 e. The zero-order chi connectivity index (χ0) is 13.0. The maximum absolute atomic E-state index is 12.0. The molecule has 0 aromatic rings. The van der Waals surface area contributed by atoms with Gasteiger partial charge in [-0.1, -0.05) is 20.3 Å². The molecule has 1 aliphatic rings. The van der Waals surface area contributed by atoms with Crippen LogP contribution in [0.5, 0.6) is 0 Å². The molecule has 0 aromatic heterocycles. The van der Waals surface area contributed by atoms with Gasteiger partial charge < -0.3 is 10.6 Å². The second-order valence-corrected chi connectivity index (χ2v) is 4.20. The number of imide groups is 1. The first kappa shape index (κ1) is 13.6. The minimum atomic E-state index is -0.632. The molecule has 0 saturated carbocycles. The quantitative estimate of drug-likeness (QED) is 0.641. The smallest absolute Gasteiger partial charge is 0.249 e. The average Bonchev–Trinajstić information content (AvgIpc) is 2.27. The van der Waals surface area contributed by atoms with Gasteiger partial charge in [-0.3, -0.25) is 19.7 Å². The Bertz CT molecular complexity index is 330. The normalized spacial score (nSPS) is 22.3. The highest BCUT2D eigenvalue weighted by Crippen LogP contribution is 2.11. The summed E-state index contributed by atoms with van der Waals surface area (Å²) >= 11 is 0. The van der Waals surface area contributed by atoms with Crippen LogP contribution in [0.3, 0.4) is 0 Å². The van der Waals surface area contributed by atoms with E-state index in [0.717, 1.165) is 6.42 Å². The SMILES string of the molecule is CCCC(N)C(=O)N1CC(=O)NC(=O)C1CC. The van der Waals surface area contributed by atoms with Crippen LogP contribution in [-0.4, -0.2) is 41.2 Å². The molecule has 17 heavy (non-hydrogen) atoms. The number of nitrogens with zero attached hydrogens (tertiary/aromatic N) is 1. The molecule has 2 atom stereocenters. The molecule has 0 spiro atoms. The van der Waals surface area contributed by atoms with E-state index >= 15 is 0 Å². The van der Waals surface area contributed by atoms with Gasteiger partial charge >= 0.3 is 0 Å². The minimum absolute atomic E-state index is 0.0828. The summed E-state index contributed by atoms with van der Waals surface area (Å²) in [6.07, 6.45) is 1.82. The Hall–Kier alpha value is -1.43. The van der Waals surface area contributed by atoms with Crippen LogP contribution >= 0.6 is 0 Å². The summed E-state index contributed by atoms with van der Waals surface area (Å²) < 4.78 is 0. The Morgan fingerprint density at radius 2 is 2.18 bits per heavy atom.